The Hall–Kier alpha value is -0.460. The van der Waals surface area contributed by atoms with Gasteiger partial charge < -0.3 is 10.1 Å². The summed E-state index contributed by atoms with van der Waals surface area (Å²) >= 11 is 0. The fourth-order valence-electron chi connectivity index (χ4n) is 2.33. The molecule has 0 aliphatic carbocycles. The Balaban J connectivity index is 0.00000162. The van der Waals surface area contributed by atoms with Crippen molar-refractivity contribution in [3.63, 3.8) is 0 Å². The van der Waals surface area contributed by atoms with Crippen LogP contribution in [0.25, 0.3) is 0 Å². The Morgan fingerprint density at radius 3 is 2.78 bits per heavy atom. The van der Waals surface area contributed by atoms with Crippen molar-refractivity contribution >= 4 is 18.3 Å². The van der Waals surface area contributed by atoms with Crippen LogP contribution in [0.1, 0.15) is 26.2 Å². The minimum atomic E-state index is -2.76. The van der Waals surface area contributed by atoms with Crippen LogP contribution in [0.2, 0.25) is 0 Å². The van der Waals surface area contributed by atoms with Crippen molar-refractivity contribution in [3.05, 3.63) is 0 Å². The summed E-state index contributed by atoms with van der Waals surface area (Å²) in [5.41, 5.74) is 0. The van der Waals surface area contributed by atoms with E-state index in [-0.39, 0.29) is 30.5 Å². The second kappa shape index (κ2) is 6.12. The smallest absolute Gasteiger partial charge is 0.262 e. The topological polar surface area (TPSA) is 50.4 Å². The van der Waals surface area contributed by atoms with Crippen molar-refractivity contribution < 1.29 is 18.3 Å². The highest BCUT2D eigenvalue weighted by atomic mass is 35.5. The summed E-state index contributed by atoms with van der Waals surface area (Å²) < 4.78 is 31.2. The van der Waals surface area contributed by atoms with Crippen LogP contribution in [-0.2, 0) is 9.53 Å². The van der Waals surface area contributed by atoms with E-state index in [1.807, 2.05) is 6.92 Å². The van der Waals surface area contributed by atoms with Crippen molar-refractivity contribution in [2.45, 2.75) is 50.3 Å². The number of hydrogen-bond acceptors (Lipinski definition) is 3. The summed E-state index contributed by atoms with van der Waals surface area (Å²) in [7, 11) is 0. The SMILES string of the molecule is CC1CC(NC(=O)C2CC(F)(F)CN2)CCO1.Cl. The molecule has 2 saturated heterocycles. The van der Waals surface area contributed by atoms with Gasteiger partial charge in [-0.25, -0.2) is 8.78 Å². The summed E-state index contributed by atoms with van der Waals surface area (Å²) in [5, 5.41) is 5.37. The first-order chi connectivity index (χ1) is 7.96. The van der Waals surface area contributed by atoms with E-state index in [1.165, 1.54) is 0 Å². The van der Waals surface area contributed by atoms with Gasteiger partial charge in [0.25, 0.3) is 5.92 Å². The molecule has 2 aliphatic heterocycles. The number of amides is 1. The van der Waals surface area contributed by atoms with Gasteiger partial charge in [0.05, 0.1) is 18.7 Å². The maximum absolute atomic E-state index is 12.9. The zero-order valence-electron chi connectivity index (χ0n) is 10.2. The van der Waals surface area contributed by atoms with E-state index in [9.17, 15) is 13.6 Å². The maximum Gasteiger partial charge on any atom is 0.262 e. The highest BCUT2D eigenvalue weighted by Crippen LogP contribution is 2.25. The lowest BCUT2D eigenvalue weighted by molar-refractivity contribution is -0.125. The summed E-state index contributed by atoms with van der Waals surface area (Å²) in [6.45, 7) is 2.15. The van der Waals surface area contributed by atoms with Crippen LogP contribution >= 0.6 is 12.4 Å². The third-order valence-corrected chi connectivity index (χ3v) is 3.26. The van der Waals surface area contributed by atoms with Crippen LogP contribution in [0.5, 0.6) is 0 Å². The van der Waals surface area contributed by atoms with Gasteiger partial charge in [0, 0.05) is 19.1 Å². The van der Waals surface area contributed by atoms with Gasteiger partial charge in [-0.15, -0.1) is 12.4 Å². The third-order valence-electron chi connectivity index (χ3n) is 3.26. The van der Waals surface area contributed by atoms with Gasteiger partial charge >= 0.3 is 0 Å². The lowest BCUT2D eigenvalue weighted by atomic mass is 10.0. The van der Waals surface area contributed by atoms with Crippen LogP contribution in [0.3, 0.4) is 0 Å². The van der Waals surface area contributed by atoms with Gasteiger partial charge in [-0.05, 0) is 19.8 Å². The molecule has 2 rings (SSSR count). The van der Waals surface area contributed by atoms with Crippen molar-refractivity contribution in [1.82, 2.24) is 10.6 Å². The molecule has 1 amide bonds. The summed E-state index contributed by atoms with van der Waals surface area (Å²) in [6, 6.07) is -0.717. The molecular formula is C11H19ClF2N2O2. The molecule has 0 aromatic carbocycles. The second-order valence-corrected chi connectivity index (χ2v) is 4.90. The number of rotatable bonds is 2. The van der Waals surface area contributed by atoms with Crippen molar-refractivity contribution in [3.8, 4) is 0 Å². The number of hydrogen-bond donors (Lipinski definition) is 2. The van der Waals surface area contributed by atoms with Gasteiger partial charge in [0.2, 0.25) is 5.91 Å². The Bertz CT molecular complexity index is 305. The molecular weight excluding hydrogens is 266 g/mol. The van der Waals surface area contributed by atoms with Gasteiger partial charge in [-0.2, -0.15) is 0 Å². The number of alkyl halides is 2. The molecule has 7 heteroatoms. The van der Waals surface area contributed by atoms with E-state index in [0.717, 1.165) is 12.8 Å². The Morgan fingerprint density at radius 1 is 1.50 bits per heavy atom. The molecule has 0 aromatic heterocycles. The second-order valence-electron chi connectivity index (χ2n) is 4.90. The van der Waals surface area contributed by atoms with Crippen LogP contribution in [0, 0.1) is 0 Å². The third kappa shape index (κ3) is 4.03. The van der Waals surface area contributed by atoms with E-state index < -0.39 is 24.9 Å². The van der Waals surface area contributed by atoms with Crippen molar-refractivity contribution in [2.24, 2.45) is 0 Å². The fourth-order valence-corrected chi connectivity index (χ4v) is 2.33. The summed E-state index contributed by atoms with van der Waals surface area (Å²) in [6.07, 6.45) is 1.21. The van der Waals surface area contributed by atoms with Crippen LogP contribution < -0.4 is 10.6 Å². The van der Waals surface area contributed by atoms with Gasteiger partial charge in [0.1, 0.15) is 0 Å². The number of ether oxygens (including phenoxy) is 1. The summed E-state index contributed by atoms with van der Waals surface area (Å²) in [4.78, 5) is 11.8. The van der Waals surface area contributed by atoms with E-state index in [0.29, 0.717) is 6.61 Å². The Labute approximate surface area is 111 Å². The zero-order chi connectivity index (χ0) is 12.5. The molecule has 0 spiro atoms. The average molecular weight is 285 g/mol. The molecule has 3 unspecified atom stereocenters. The lowest BCUT2D eigenvalue weighted by Gasteiger charge is -2.28. The highest BCUT2D eigenvalue weighted by molar-refractivity contribution is 5.85. The van der Waals surface area contributed by atoms with Crippen LogP contribution in [0.15, 0.2) is 0 Å². The number of carbonyl (C=O) groups excluding carboxylic acids is 1. The number of carbonyl (C=O) groups is 1. The first-order valence-electron chi connectivity index (χ1n) is 5.99. The first kappa shape index (κ1) is 15.6. The van der Waals surface area contributed by atoms with E-state index >= 15 is 0 Å². The predicted octanol–water partition coefficient (Wildman–Crippen LogP) is 1.09. The van der Waals surface area contributed by atoms with E-state index in [1.54, 1.807) is 0 Å². The zero-order valence-corrected chi connectivity index (χ0v) is 11.1. The summed E-state index contributed by atoms with van der Waals surface area (Å²) in [5.74, 6) is -3.08. The van der Waals surface area contributed by atoms with Gasteiger partial charge in [-0.1, -0.05) is 0 Å². The number of nitrogens with one attached hydrogen (secondary N) is 2. The molecule has 0 saturated carbocycles. The minimum absolute atomic E-state index is 0. The Morgan fingerprint density at radius 2 is 2.22 bits per heavy atom. The first-order valence-corrected chi connectivity index (χ1v) is 5.99. The fraction of sp³-hybridized carbons (Fsp3) is 0.909. The molecule has 2 N–H and O–H groups in total. The van der Waals surface area contributed by atoms with Crippen molar-refractivity contribution in [2.75, 3.05) is 13.2 Å². The average Bonchev–Trinajstić information content (AvgIpc) is 2.59. The molecule has 0 radical (unpaired) electrons. The molecule has 2 heterocycles. The van der Waals surface area contributed by atoms with Crippen molar-refractivity contribution in [1.29, 1.82) is 0 Å². The normalized spacial score (nSPS) is 34.7. The van der Waals surface area contributed by atoms with Crippen LogP contribution in [0.4, 0.5) is 8.78 Å². The predicted molar refractivity (Wildman–Crippen MR) is 65.2 cm³/mol. The van der Waals surface area contributed by atoms with E-state index in [4.69, 9.17) is 4.74 Å². The number of halogens is 3. The monoisotopic (exact) mass is 284 g/mol. The highest BCUT2D eigenvalue weighted by Gasteiger charge is 2.42. The largest absolute Gasteiger partial charge is 0.378 e. The molecule has 0 aromatic rings. The quantitative estimate of drug-likeness (QED) is 0.798. The molecule has 3 atom stereocenters. The lowest BCUT2D eigenvalue weighted by Crippen LogP contribution is -2.48. The van der Waals surface area contributed by atoms with Gasteiger partial charge in [-0.3, -0.25) is 10.1 Å². The molecule has 2 fully saturated rings. The van der Waals surface area contributed by atoms with Crippen LogP contribution in [-0.4, -0.2) is 43.2 Å². The molecule has 2 aliphatic rings. The Kier molecular flexibility index (Phi) is 5.31. The molecule has 18 heavy (non-hydrogen) atoms. The van der Waals surface area contributed by atoms with E-state index in [2.05, 4.69) is 10.6 Å². The van der Waals surface area contributed by atoms with Gasteiger partial charge in [0.15, 0.2) is 0 Å². The molecule has 106 valence electrons. The molecule has 0 bridgehead atoms. The standard InChI is InChI=1S/C11H18F2N2O2.ClH/c1-7-4-8(2-3-17-7)15-10(16)9-5-11(12,13)6-14-9;/h7-9,14H,2-6H2,1H3,(H,15,16);1H. The minimum Gasteiger partial charge on any atom is -0.378 e. The maximum atomic E-state index is 12.9. The molecule has 4 nitrogen and oxygen atoms in total.